The molecule has 104 valence electrons. The molecule has 0 unspecified atom stereocenters. The van der Waals surface area contributed by atoms with Crippen LogP contribution in [0.15, 0.2) is 28.9 Å². The van der Waals surface area contributed by atoms with Crippen LogP contribution in [0.3, 0.4) is 0 Å². The highest BCUT2D eigenvalue weighted by atomic mass is 32.2. The minimum Gasteiger partial charge on any atom is -0.454 e. The number of fused-ring (bicyclic) bond motifs is 1. The number of aliphatic imine (C=N–C) groups is 1. The van der Waals surface area contributed by atoms with Crippen molar-refractivity contribution in [3.63, 3.8) is 0 Å². The molecule has 0 bridgehead atoms. The molecule has 1 aromatic carbocycles. The third-order valence-electron chi connectivity index (χ3n) is 2.73. The lowest BCUT2D eigenvalue weighted by molar-refractivity contribution is -0.107. The molecule has 2 heterocycles. The molecule has 0 aliphatic carbocycles. The Morgan fingerprint density at radius 2 is 2.25 bits per heavy atom. The van der Waals surface area contributed by atoms with E-state index < -0.39 is 0 Å². The lowest BCUT2D eigenvalue weighted by atomic mass is 10.2. The van der Waals surface area contributed by atoms with Crippen LogP contribution in [0.4, 0.5) is 0 Å². The standard InChI is InChI=1S/C14H13NO3S2/c1-2-5-19-14-15-10(13(16)20-14)6-9-3-4-11-12(7-9)18-8-17-11/h3-4,6-7H,2,5,8H2,1H3/b10-6+. The van der Waals surface area contributed by atoms with Gasteiger partial charge in [0.05, 0.1) is 0 Å². The Morgan fingerprint density at radius 1 is 1.40 bits per heavy atom. The van der Waals surface area contributed by atoms with Gasteiger partial charge in [-0.15, -0.1) is 0 Å². The zero-order valence-electron chi connectivity index (χ0n) is 10.9. The lowest BCUT2D eigenvalue weighted by Gasteiger charge is -1.98. The maximum Gasteiger partial charge on any atom is 0.244 e. The number of benzene rings is 1. The first kappa shape index (κ1) is 13.6. The SMILES string of the molecule is CCCSC1=N/C(=C/c2ccc3c(c2)OCO3)C(=O)S1. The van der Waals surface area contributed by atoms with E-state index in [1.165, 1.54) is 11.8 Å². The van der Waals surface area contributed by atoms with Crippen LogP contribution in [-0.4, -0.2) is 22.0 Å². The third kappa shape index (κ3) is 2.86. The van der Waals surface area contributed by atoms with Crippen molar-refractivity contribution < 1.29 is 14.3 Å². The molecule has 4 nitrogen and oxygen atoms in total. The lowest BCUT2D eigenvalue weighted by Crippen LogP contribution is -1.92. The Kier molecular flexibility index (Phi) is 4.03. The number of thioether (sulfide) groups is 2. The van der Waals surface area contributed by atoms with Crippen LogP contribution in [0.2, 0.25) is 0 Å². The molecule has 0 radical (unpaired) electrons. The summed E-state index contributed by atoms with van der Waals surface area (Å²) in [5, 5.41) is 0.00118. The van der Waals surface area contributed by atoms with Gasteiger partial charge in [-0.25, -0.2) is 4.99 Å². The van der Waals surface area contributed by atoms with Crippen LogP contribution in [-0.2, 0) is 4.79 Å². The van der Waals surface area contributed by atoms with Crippen molar-refractivity contribution in [2.24, 2.45) is 4.99 Å². The monoisotopic (exact) mass is 307 g/mol. The molecule has 3 rings (SSSR count). The van der Waals surface area contributed by atoms with Crippen molar-refractivity contribution in [3.8, 4) is 11.5 Å². The molecule has 0 N–H and O–H groups in total. The average molecular weight is 307 g/mol. The summed E-state index contributed by atoms with van der Waals surface area (Å²) in [6.45, 7) is 2.36. The van der Waals surface area contributed by atoms with Gasteiger partial charge in [0, 0.05) is 0 Å². The van der Waals surface area contributed by atoms with Gasteiger partial charge >= 0.3 is 0 Å². The molecular formula is C14H13NO3S2. The molecule has 20 heavy (non-hydrogen) atoms. The van der Waals surface area contributed by atoms with E-state index >= 15 is 0 Å². The van der Waals surface area contributed by atoms with Crippen LogP contribution >= 0.6 is 23.5 Å². The molecule has 0 atom stereocenters. The molecule has 2 aliphatic heterocycles. The average Bonchev–Trinajstić information content (AvgIpc) is 3.03. The van der Waals surface area contributed by atoms with Gasteiger partial charge in [-0.05, 0) is 47.7 Å². The first-order valence-corrected chi connectivity index (χ1v) is 8.11. The molecule has 0 aromatic heterocycles. The molecule has 0 spiro atoms. The second-order valence-corrected chi connectivity index (χ2v) is 6.56. The normalized spacial score (nSPS) is 18.8. The number of hydrogen-bond donors (Lipinski definition) is 0. The summed E-state index contributed by atoms with van der Waals surface area (Å²) in [7, 11) is 0. The zero-order chi connectivity index (χ0) is 13.9. The van der Waals surface area contributed by atoms with Crippen LogP contribution < -0.4 is 9.47 Å². The van der Waals surface area contributed by atoms with E-state index in [-0.39, 0.29) is 11.9 Å². The second-order valence-electron chi connectivity index (χ2n) is 4.26. The fraction of sp³-hybridized carbons (Fsp3) is 0.286. The van der Waals surface area contributed by atoms with Crippen molar-refractivity contribution in [3.05, 3.63) is 29.5 Å². The fourth-order valence-electron chi connectivity index (χ4n) is 1.80. The molecular weight excluding hydrogens is 294 g/mol. The first-order valence-electron chi connectivity index (χ1n) is 6.31. The van der Waals surface area contributed by atoms with Crippen LogP contribution in [0.5, 0.6) is 11.5 Å². The van der Waals surface area contributed by atoms with Crippen LogP contribution in [0, 0.1) is 0 Å². The Hall–Kier alpha value is -1.40. The third-order valence-corrected chi connectivity index (χ3v) is 4.95. The molecule has 1 aromatic rings. The summed E-state index contributed by atoms with van der Waals surface area (Å²) in [6.07, 6.45) is 2.86. The fourth-order valence-corrected chi connectivity index (χ4v) is 3.57. The van der Waals surface area contributed by atoms with E-state index in [0.29, 0.717) is 11.4 Å². The minimum atomic E-state index is 0.00118. The molecule has 0 fully saturated rings. The Balaban J connectivity index is 1.81. The quantitative estimate of drug-likeness (QED) is 0.800. The van der Waals surface area contributed by atoms with Gasteiger partial charge in [-0.1, -0.05) is 24.8 Å². The maximum atomic E-state index is 11.9. The summed E-state index contributed by atoms with van der Waals surface area (Å²) >= 11 is 2.84. The van der Waals surface area contributed by atoms with Crippen molar-refractivity contribution in [2.75, 3.05) is 12.5 Å². The highest BCUT2D eigenvalue weighted by molar-refractivity contribution is 8.45. The van der Waals surface area contributed by atoms with E-state index in [2.05, 4.69) is 11.9 Å². The molecule has 2 aliphatic rings. The predicted octanol–water partition coefficient (Wildman–Crippen LogP) is 3.53. The Morgan fingerprint density at radius 3 is 3.10 bits per heavy atom. The van der Waals surface area contributed by atoms with E-state index in [4.69, 9.17) is 9.47 Å². The number of ether oxygens (including phenoxy) is 2. The van der Waals surface area contributed by atoms with Gasteiger partial charge in [0.2, 0.25) is 11.9 Å². The highest BCUT2D eigenvalue weighted by Gasteiger charge is 2.22. The van der Waals surface area contributed by atoms with Gasteiger partial charge in [0.1, 0.15) is 10.1 Å². The maximum absolute atomic E-state index is 11.9. The summed E-state index contributed by atoms with van der Waals surface area (Å²) < 4.78 is 11.4. The van der Waals surface area contributed by atoms with Crippen LogP contribution in [0.1, 0.15) is 18.9 Å². The zero-order valence-corrected chi connectivity index (χ0v) is 12.6. The summed E-state index contributed by atoms with van der Waals surface area (Å²) in [5.41, 5.74) is 1.39. The minimum absolute atomic E-state index is 0.00118. The number of carbonyl (C=O) groups excluding carboxylic acids is 1. The number of carbonyl (C=O) groups is 1. The molecule has 0 saturated heterocycles. The largest absolute Gasteiger partial charge is 0.454 e. The predicted molar refractivity (Wildman–Crippen MR) is 83.3 cm³/mol. The summed E-state index contributed by atoms with van der Waals surface area (Å²) in [6, 6.07) is 5.60. The molecule has 0 saturated carbocycles. The topological polar surface area (TPSA) is 47.9 Å². The van der Waals surface area contributed by atoms with Crippen molar-refractivity contribution >= 4 is 39.1 Å². The molecule has 6 heteroatoms. The number of hydrogen-bond acceptors (Lipinski definition) is 6. The van der Waals surface area contributed by atoms with Crippen molar-refractivity contribution in [1.29, 1.82) is 0 Å². The number of rotatable bonds is 3. The molecule has 0 amide bonds. The highest BCUT2D eigenvalue weighted by Crippen LogP contribution is 2.35. The van der Waals surface area contributed by atoms with Gasteiger partial charge in [-0.2, -0.15) is 0 Å². The van der Waals surface area contributed by atoms with E-state index in [1.54, 1.807) is 17.8 Å². The van der Waals surface area contributed by atoms with E-state index in [1.807, 2.05) is 18.2 Å². The second kappa shape index (κ2) is 5.93. The van der Waals surface area contributed by atoms with Gasteiger partial charge in [-0.3, -0.25) is 4.79 Å². The Bertz CT molecular complexity index is 610. The van der Waals surface area contributed by atoms with Crippen LogP contribution in [0.25, 0.3) is 6.08 Å². The van der Waals surface area contributed by atoms with Gasteiger partial charge in [0.25, 0.3) is 0 Å². The summed E-state index contributed by atoms with van der Waals surface area (Å²) in [4.78, 5) is 16.3. The number of nitrogens with zero attached hydrogens (tertiary/aromatic N) is 1. The summed E-state index contributed by atoms with van der Waals surface area (Å²) in [5.74, 6) is 2.43. The smallest absolute Gasteiger partial charge is 0.244 e. The Labute approximate surface area is 125 Å². The van der Waals surface area contributed by atoms with Crippen molar-refractivity contribution in [1.82, 2.24) is 0 Å². The first-order chi connectivity index (χ1) is 9.76. The van der Waals surface area contributed by atoms with Gasteiger partial charge in [0.15, 0.2) is 11.5 Å². The van der Waals surface area contributed by atoms with E-state index in [0.717, 1.165) is 27.9 Å². The van der Waals surface area contributed by atoms with E-state index in [9.17, 15) is 4.79 Å². The van der Waals surface area contributed by atoms with Crippen molar-refractivity contribution in [2.45, 2.75) is 13.3 Å². The van der Waals surface area contributed by atoms with Gasteiger partial charge < -0.3 is 9.47 Å².